The quantitative estimate of drug-likeness (QED) is 0.464. The lowest BCUT2D eigenvalue weighted by molar-refractivity contribution is -0.125. The molecule has 0 aliphatic carbocycles. The van der Waals surface area contributed by atoms with Crippen molar-refractivity contribution in [3.63, 3.8) is 0 Å². The van der Waals surface area contributed by atoms with E-state index in [1.807, 2.05) is 18.2 Å². The van der Waals surface area contributed by atoms with Gasteiger partial charge in [-0.1, -0.05) is 0 Å². The number of pyridine rings is 1. The molecule has 0 radical (unpaired) electrons. The van der Waals surface area contributed by atoms with Gasteiger partial charge in [-0.2, -0.15) is 0 Å². The minimum Gasteiger partial charge on any atom is -0.497 e. The van der Waals surface area contributed by atoms with Gasteiger partial charge in [-0.3, -0.25) is 24.3 Å². The lowest BCUT2D eigenvalue weighted by Crippen LogP contribution is -2.33. The second-order valence-electron chi connectivity index (χ2n) is 7.71. The number of carbonyl (C=O) groups excluding carboxylic acids is 4. The molecule has 3 N–H and O–H groups in total. The number of methoxy groups -OCH3 is 1. The second kappa shape index (κ2) is 9.57. The Morgan fingerprint density at radius 1 is 1.06 bits per heavy atom. The maximum Gasteiger partial charge on any atom is 0.324 e. The minimum atomic E-state index is -0.491. The summed E-state index contributed by atoms with van der Waals surface area (Å²) in [7, 11) is 1.59. The normalized spacial score (nSPS) is 13.1. The number of aryl methyl sites for hydroxylation is 1. The molecule has 10 heteroatoms. The largest absolute Gasteiger partial charge is 0.497 e. The summed E-state index contributed by atoms with van der Waals surface area (Å²) in [6.07, 6.45) is -0.0161. The van der Waals surface area contributed by atoms with E-state index in [9.17, 15) is 19.2 Å². The number of imide groups is 1. The Morgan fingerprint density at radius 2 is 1.76 bits per heavy atom. The van der Waals surface area contributed by atoms with Crippen LogP contribution in [0.15, 0.2) is 48.5 Å². The minimum absolute atomic E-state index is 0.0105. The molecule has 10 nitrogen and oxygen atoms in total. The standard InChI is InChI=1S/C24H23N5O5/c1-14-19(11-15-3-8-18(34-2)12-20(15)26-14)23(32)28-17-6-4-16(5-7-17)27-21(30)9-10-29-22(31)13-25-24(29)33/h3-8,11-12H,9-10,13H2,1-2H3,(H,25,33)(H,27,30)(H,28,32). The molecule has 4 rings (SSSR count). The number of ether oxygens (including phenoxy) is 1. The third kappa shape index (κ3) is 4.96. The number of hydrogen-bond donors (Lipinski definition) is 3. The van der Waals surface area contributed by atoms with Crippen LogP contribution in [0.25, 0.3) is 10.9 Å². The number of amides is 5. The van der Waals surface area contributed by atoms with Gasteiger partial charge in [0.05, 0.1) is 30.4 Å². The zero-order valence-electron chi connectivity index (χ0n) is 18.7. The molecule has 3 aromatic rings. The summed E-state index contributed by atoms with van der Waals surface area (Å²) in [6, 6.07) is 13.4. The van der Waals surface area contributed by atoms with Gasteiger partial charge < -0.3 is 20.7 Å². The fourth-order valence-electron chi connectivity index (χ4n) is 3.55. The number of carbonyl (C=O) groups is 4. The molecule has 0 bridgehead atoms. The number of anilines is 2. The number of nitrogens with one attached hydrogen (secondary N) is 3. The Kier molecular flexibility index (Phi) is 6.39. The molecule has 1 saturated heterocycles. The van der Waals surface area contributed by atoms with Gasteiger partial charge in [0.25, 0.3) is 5.91 Å². The van der Waals surface area contributed by atoms with Crippen LogP contribution in [-0.4, -0.2) is 53.8 Å². The second-order valence-corrected chi connectivity index (χ2v) is 7.71. The van der Waals surface area contributed by atoms with Crippen molar-refractivity contribution < 1.29 is 23.9 Å². The van der Waals surface area contributed by atoms with E-state index in [0.29, 0.717) is 28.4 Å². The fraction of sp³-hybridized carbons (Fsp3) is 0.208. The van der Waals surface area contributed by atoms with Crippen LogP contribution >= 0.6 is 0 Å². The van der Waals surface area contributed by atoms with E-state index in [1.165, 1.54) is 0 Å². The van der Waals surface area contributed by atoms with Crippen LogP contribution in [0.1, 0.15) is 22.5 Å². The summed E-state index contributed by atoms with van der Waals surface area (Å²) in [4.78, 5) is 53.6. The van der Waals surface area contributed by atoms with Crippen molar-refractivity contribution >= 4 is 46.0 Å². The molecule has 1 aliphatic rings. The Bertz CT molecular complexity index is 1270. The Morgan fingerprint density at radius 3 is 2.41 bits per heavy atom. The van der Waals surface area contributed by atoms with Gasteiger partial charge in [-0.05, 0) is 49.4 Å². The monoisotopic (exact) mass is 461 g/mol. The highest BCUT2D eigenvalue weighted by molar-refractivity contribution is 6.07. The molecule has 5 amide bonds. The van der Waals surface area contributed by atoms with Crippen LogP contribution in [-0.2, 0) is 9.59 Å². The van der Waals surface area contributed by atoms with E-state index in [1.54, 1.807) is 44.4 Å². The molecule has 0 saturated carbocycles. The highest BCUT2D eigenvalue weighted by Gasteiger charge is 2.28. The first kappa shape index (κ1) is 22.7. The van der Waals surface area contributed by atoms with Crippen molar-refractivity contribution in [1.82, 2.24) is 15.2 Å². The predicted molar refractivity (Wildman–Crippen MR) is 126 cm³/mol. The summed E-state index contributed by atoms with van der Waals surface area (Å²) in [5, 5.41) is 8.77. The maximum absolute atomic E-state index is 12.8. The number of fused-ring (bicyclic) bond motifs is 1. The number of nitrogens with zero attached hydrogens (tertiary/aromatic N) is 2. The summed E-state index contributed by atoms with van der Waals surface area (Å²) in [6.45, 7) is 1.74. The van der Waals surface area contributed by atoms with E-state index >= 15 is 0 Å². The lowest BCUT2D eigenvalue weighted by atomic mass is 10.1. The van der Waals surface area contributed by atoms with Crippen LogP contribution < -0.4 is 20.7 Å². The molecule has 0 atom stereocenters. The fourth-order valence-corrected chi connectivity index (χ4v) is 3.55. The van der Waals surface area contributed by atoms with Gasteiger partial charge in [0.15, 0.2) is 0 Å². The molecule has 0 unspecified atom stereocenters. The van der Waals surface area contributed by atoms with Gasteiger partial charge in [0.2, 0.25) is 11.8 Å². The number of benzene rings is 2. The SMILES string of the molecule is COc1ccc2cc(C(=O)Nc3ccc(NC(=O)CCN4C(=O)CNC4=O)cc3)c(C)nc2c1. The van der Waals surface area contributed by atoms with Crippen molar-refractivity contribution in [3.05, 3.63) is 59.8 Å². The summed E-state index contributed by atoms with van der Waals surface area (Å²) < 4.78 is 5.22. The molecule has 0 spiro atoms. The van der Waals surface area contributed by atoms with Gasteiger partial charge in [-0.25, -0.2) is 4.79 Å². The number of aromatic nitrogens is 1. The van der Waals surface area contributed by atoms with E-state index in [4.69, 9.17) is 4.74 Å². The van der Waals surface area contributed by atoms with E-state index in [2.05, 4.69) is 20.9 Å². The van der Waals surface area contributed by atoms with Crippen LogP contribution in [0.3, 0.4) is 0 Å². The zero-order chi connectivity index (χ0) is 24.2. The lowest BCUT2D eigenvalue weighted by Gasteiger charge is -2.12. The summed E-state index contributed by atoms with van der Waals surface area (Å²) in [5.74, 6) is -0.292. The first-order chi connectivity index (χ1) is 16.3. The van der Waals surface area contributed by atoms with Gasteiger partial charge in [0.1, 0.15) is 5.75 Å². The van der Waals surface area contributed by atoms with Crippen molar-refractivity contribution in [2.75, 3.05) is 30.8 Å². The summed E-state index contributed by atoms with van der Waals surface area (Å²) >= 11 is 0. The Balaban J connectivity index is 1.36. The van der Waals surface area contributed by atoms with E-state index in [-0.39, 0.29) is 37.2 Å². The van der Waals surface area contributed by atoms with Crippen LogP contribution in [0.2, 0.25) is 0 Å². The molecule has 34 heavy (non-hydrogen) atoms. The number of urea groups is 1. The smallest absolute Gasteiger partial charge is 0.324 e. The van der Waals surface area contributed by atoms with Crippen molar-refractivity contribution in [2.24, 2.45) is 0 Å². The van der Waals surface area contributed by atoms with Gasteiger partial charge >= 0.3 is 6.03 Å². The first-order valence-corrected chi connectivity index (χ1v) is 10.6. The molecule has 1 aliphatic heterocycles. The Hall–Kier alpha value is -4.47. The van der Waals surface area contributed by atoms with Gasteiger partial charge in [0, 0.05) is 35.8 Å². The van der Waals surface area contributed by atoms with Crippen molar-refractivity contribution in [1.29, 1.82) is 0 Å². The van der Waals surface area contributed by atoms with Gasteiger partial charge in [-0.15, -0.1) is 0 Å². The zero-order valence-corrected chi connectivity index (χ0v) is 18.7. The topological polar surface area (TPSA) is 130 Å². The maximum atomic E-state index is 12.8. The van der Waals surface area contributed by atoms with Crippen molar-refractivity contribution in [3.8, 4) is 5.75 Å². The molecule has 2 aromatic carbocycles. The van der Waals surface area contributed by atoms with E-state index in [0.717, 1.165) is 15.8 Å². The molecule has 1 aromatic heterocycles. The molecule has 2 heterocycles. The molecule has 174 valence electrons. The average Bonchev–Trinajstić information content (AvgIpc) is 3.15. The first-order valence-electron chi connectivity index (χ1n) is 10.6. The summed E-state index contributed by atoms with van der Waals surface area (Å²) in [5.41, 5.74) is 2.86. The number of rotatable bonds is 7. The highest BCUT2D eigenvalue weighted by Crippen LogP contribution is 2.23. The number of hydrogen-bond acceptors (Lipinski definition) is 6. The molecular formula is C24H23N5O5. The molecular weight excluding hydrogens is 438 g/mol. The van der Waals surface area contributed by atoms with Crippen LogP contribution in [0, 0.1) is 6.92 Å². The molecule has 1 fully saturated rings. The van der Waals surface area contributed by atoms with E-state index < -0.39 is 6.03 Å². The van der Waals surface area contributed by atoms with Crippen LogP contribution in [0.5, 0.6) is 5.75 Å². The third-order valence-electron chi connectivity index (χ3n) is 5.39. The van der Waals surface area contributed by atoms with Crippen molar-refractivity contribution in [2.45, 2.75) is 13.3 Å². The average molecular weight is 461 g/mol. The highest BCUT2D eigenvalue weighted by atomic mass is 16.5. The third-order valence-corrected chi connectivity index (χ3v) is 5.39. The van der Waals surface area contributed by atoms with Crippen LogP contribution in [0.4, 0.5) is 16.2 Å². The Labute approximate surface area is 195 Å². The predicted octanol–water partition coefficient (Wildman–Crippen LogP) is 2.68.